The molecule has 0 amide bonds. The average molecular weight is 745 g/mol. The summed E-state index contributed by atoms with van der Waals surface area (Å²) in [5.41, 5.74) is 14.2. The maximum atomic E-state index is 2.47. The van der Waals surface area contributed by atoms with Gasteiger partial charge in [0.1, 0.15) is 0 Å². The van der Waals surface area contributed by atoms with E-state index in [4.69, 9.17) is 0 Å². The van der Waals surface area contributed by atoms with E-state index < -0.39 is 0 Å². The fourth-order valence-corrected chi connectivity index (χ4v) is 9.76. The fraction of sp³-hybridized carbons (Fsp3) is 0. The Morgan fingerprint density at radius 1 is 0.351 bits per heavy atom. The standard InChI is InChI=1S/C54H36N2S/c1-3-14-37(15-4-1)38-28-30-39(31-29-38)40-32-34-43(35-33-40)55(42-17-5-2-6-18-42)44-19-11-16-41(36-44)45-22-12-25-50-53(45)48-21-7-9-24-49(48)56(50)51-26-13-23-47-46-20-8-10-27-52(46)57-54(47)51/h1-36H. The van der Waals surface area contributed by atoms with Gasteiger partial charge in [-0.25, -0.2) is 0 Å². The zero-order chi connectivity index (χ0) is 37.7. The Kier molecular flexibility index (Phi) is 8.04. The molecule has 0 bridgehead atoms. The third-order valence-electron chi connectivity index (χ3n) is 11.2. The van der Waals surface area contributed by atoms with Gasteiger partial charge in [0, 0.05) is 43.3 Å². The van der Waals surface area contributed by atoms with Crippen LogP contribution >= 0.6 is 11.3 Å². The Bertz CT molecular complexity index is 3210. The summed E-state index contributed by atoms with van der Waals surface area (Å²) in [7, 11) is 0. The number of thiophene rings is 1. The molecule has 0 aliphatic heterocycles. The second kappa shape index (κ2) is 13.8. The Hall–Kier alpha value is -7.20. The van der Waals surface area contributed by atoms with Crippen LogP contribution in [0.4, 0.5) is 17.1 Å². The highest BCUT2D eigenvalue weighted by atomic mass is 32.1. The van der Waals surface area contributed by atoms with Crippen molar-refractivity contribution >= 4 is 70.4 Å². The van der Waals surface area contributed by atoms with Gasteiger partial charge >= 0.3 is 0 Å². The molecule has 0 aliphatic carbocycles. The van der Waals surface area contributed by atoms with Crippen LogP contribution in [0.15, 0.2) is 218 Å². The maximum absolute atomic E-state index is 2.47. The first-order valence-electron chi connectivity index (χ1n) is 19.4. The Labute approximate surface area is 335 Å². The van der Waals surface area contributed by atoms with Crippen LogP contribution < -0.4 is 4.90 Å². The van der Waals surface area contributed by atoms with Crippen molar-refractivity contribution in [2.24, 2.45) is 0 Å². The highest BCUT2D eigenvalue weighted by Gasteiger charge is 2.20. The summed E-state index contributed by atoms with van der Waals surface area (Å²) in [4.78, 5) is 2.36. The first kappa shape index (κ1) is 33.2. The first-order chi connectivity index (χ1) is 28.3. The topological polar surface area (TPSA) is 8.17 Å². The molecule has 0 fully saturated rings. The molecule has 0 spiro atoms. The number of aromatic nitrogens is 1. The molecule has 2 aromatic heterocycles. The van der Waals surface area contributed by atoms with Crippen molar-refractivity contribution in [2.45, 2.75) is 0 Å². The number of benzene rings is 9. The Morgan fingerprint density at radius 2 is 0.877 bits per heavy atom. The predicted molar refractivity (Wildman–Crippen MR) is 245 cm³/mol. The molecule has 0 N–H and O–H groups in total. The lowest BCUT2D eigenvalue weighted by Crippen LogP contribution is -2.09. The lowest BCUT2D eigenvalue weighted by molar-refractivity contribution is 1.20. The molecule has 0 saturated heterocycles. The summed E-state index contributed by atoms with van der Waals surface area (Å²) in [6.07, 6.45) is 0. The monoisotopic (exact) mass is 744 g/mol. The van der Waals surface area contributed by atoms with E-state index in [1.807, 2.05) is 11.3 Å². The fourth-order valence-electron chi connectivity index (χ4n) is 8.55. The van der Waals surface area contributed by atoms with Gasteiger partial charge in [-0.1, -0.05) is 158 Å². The van der Waals surface area contributed by atoms with Crippen molar-refractivity contribution in [3.05, 3.63) is 218 Å². The van der Waals surface area contributed by atoms with Gasteiger partial charge in [-0.3, -0.25) is 0 Å². The zero-order valence-corrected chi connectivity index (χ0v) is 31.9. The van der Waals surface area contributed by atoms with E-state index in [1.54, 1.807) is 0 Å². The molecular formula is C54H36N2S. The second-order valence-electron chi connectivity index (χ2n) is 14.5. The van der Waals surface area contributed by atoms with Crippen LogP contribution in [0, 0.1) is 0 Å². The minimum Gasteiger partial charge on any atom is -0.310 e. The van der Waals surface area contributed by atoms with E-state index in [-0.39, 0.29) is 0 Å². The molecular weight excluding hydrogens is 709 g/mol. The quantitative estimate of drug-likeness (QED) is 0.158. The van der Waals surface area contributed by atoms with E-state index in [9.17, 15) is 0 Å². The molecule has 2 heterocycles. The third kappa shape index (κ3) is 5.71. The van der Waals surface area contributed by atoms with Crippen molar-refractivity contribution in [3.63, 3.8) is 0 Å². The van der Waals surface area contributed by atoms with Crippen LogP contribution in [0.5, 0.6) is 0 Å². The van der Waals surface area contributed by atoms with Gasteiger partial charge in [-0.05, 0) is 94.0 Å². The van der Waals surface area contributed by atoms with Gasteiger partial charge in [0.05, 0.1) is 21.4 Å². The number of hydrogen-bond donors (Lipinski definition) is 0. The van der Waals surface area contributed by atoms with Crippen LogP contribution in [0.3, 0.4) is 0 Å². The van der Waals surface area contributed by atoms with E-state index in [1.165, 1.54) is 81.0 Å². The summed E-state index contributed by atoms with van der Waals surface area (Å²) in [6.45, 7) is 0. The van der Waals surface area contributed by atoms with Gasteiger partial charge in [-0.15, -0.1) is 11.3 Å². The minimum atomic E-state index is 1.11. The number of para-hydroxylation sites is 2. The van der Waals surface area contributed by atoms with Crippen molar-refractivity contribution in [3.8, 4) is 39.1 Å². The van der Waals surface area contributed by atoms with E-state index >= 15 is 0 Å². The van der Waals surface area contributed by atoms with Crippen LogP contribution in [0.1, 0.15) is 0 Å². The average Bonchev–Trinajstić information content (AvgIpc) is 3.84. The summed E-state index contributed by atoms with van der Waals surface area (Å²) in [6, 6.07) is 79.2. The van der Waals surface area contributed by atoms with Crippen molar-refractivity contribution in [1.29, 1.82) is 0 Å². The van der Waals surface area contributed by atoms with Crippen molar-refractivity contribution < 1.29 is 0 Å². The van der Waals surface area contributed by atoms with Crippen molar-refractivity contribution in [1.82, 2.24) is 4.57 Å². The summed E-state index contributed by atoms with van der Waals surface area (Å²) in [5.74, 6) is 0. The molecule has 11 rings (SSSR count). The van der Waals surface area contributed by atoms with Crippen LogP contribution in [-0.4, -0.2) is 4.57 Å². The lowest BCUT2D eigenvalue weighted by atomic mass is 9.98. The number of rotatable bonds is 7. The normalized spacial score (nSPS) is 11.5. The molecule has 57 heavy (non-hydrogen) atoms. The Balaban J connectivity index is 1.02. The van der Waals surface area contributed by atoms with Gasteiger partial charge in [0.25, 0.3) is 0 Å². The third-order valence-corrected chi connectivity index (χ3v) is 12.4. The largest absolute Gasteiger partial charge is 0.310 e. The zero-order valence-electron chi connectivity index (χ0n) is 31.1. The molecule has 268 valence electrons. The molecule has 9 aromatic carbocycles. The number of hydrogen-bond acceptors (Lipinski definition) is 2. The molecule has 0 saturated carbocycles. The molecule has 0 radical (unpaired) electrons. The summed E-state index contributed by atoms with van der Waals surface area (Å²) in [5, 5.41) is 5.13. The van der Waals surface area contributed by atoms with Gasteiger partial charge in [-0.2, -0.15) is 0 Å². The molecule has 0 atom stereocenters. The number of anilines is 3. The van der Waals surface area contributed by atoms with Crippen LogP contribution in [-0.2, 0) is 0 Å². The van der Waals surface area contributed by atoms with Gasteiger partial charge in [0.15, 0.2) is 0 Å². The summed E-state index contributed by atoms with van der Waals surface area (Å²) >= 11 is 1.88. The molecule has 3 heteroatoms. The number of fused-ring (bicyclic) bond motifs is 6. The van der Waals surface area contributed by atoms with E-state index in [0.29, 0.717) is 0 Å². The van der Waals surface area contributed by atoms with Gasteiger partial charge < -0.3 is 9.47 Å². The molecule has 0 aliphatic rings. The molecule has 11 aromatic rings. The van der Waals surface area contributed by atoms with Gasteiger partial charge in [0.2, 0.25) is 0 Å². The highest BCUT2D eigenvalue weighted by molar-refractivity contribution is 7.26. The highest BCUT2D eigenvalue weighted by Crippen LogP contribution is 2.44. The number of nitrogens with zero attached hydrogens (tertiary/aromatic N) is 2. The van der Waals surface area contributed by atoms with E-state index in [0.717, 1.165) is 17.1 Å². The lowest BCUT2D eigenvalue weighted by Gasteiger charge is -2.26. The van der Waals surface area contributed by atoms with Crippen LogP contribution in [0.2, 0.25) is 0 Å². The second-order valence-corrected chi connectivity index (χ2v) is 15.6. The first-order valence-corrected chi connectivity index (χ1v) is 20.2. The molecule has 2 nitrogen and oxygen atoms in total. The Morgan fingerprint density at radius 3 is 1.65 bits per heavy atom. The predicted octanol–water partition coefficient (Wildman–Crippen LogP) is 15.6. The van der Waals surface area contributed by atoms with Crippen molar-refractivity contribution in [2.75, 3.05) is 4.90 Å². The van der Waals surface area contributed by atoms with E-state index in [2.05, 4.69) is 228 Å². The maximum Gasteiger partial charge on any atom is 0.0640 e. The SMILES string of the molecule is c1ccc(-c2ccc(-c3ccc(N(c4ccccc4)c4cccc(-c5cccc6c5c5ccccc5n6-c5cccc6c5sc5ccccc56)c4)cc3)cc2)cc1. The summed E-state index contributed by atoms with van der Waals surface area (Å²) < 4.78 is 5.10. The minimum absolute atomic E-state index is 1.11. The van der Waals surface area contributed by atoms with Crippen LogP contribution in [0.25, 0.3) is 81.0 Å². The smallest absolute Gasteiger partial charge is 0.0640 e. The molecule has 0 unspecified atom stereocenters.